The molecular formula is C9H20Zn. The molecule has 0 rings (SSSR count). The van der Waals surface area contributed by atoms with Crippen LogP contribution in [-0.2, 0) is 17.1 Å². The van der Waals surface area contributed by atoms with Gasteiger partial charge in [-0.05, 0) is 0 Å². The van der Waals surface area contributed by atoms with E-state index in [1.807, 2.05) is 0 Å². The minimum atomic E-state index is -0.0659. The molecule has 0 aliphatic carbocycles. The van der Waals surface area contributed by atoms with Gasteiger partial charge in [0.25, 0.3) is 0 Å². The second kappa shape index (κ2) is 6.34. The molecule has 10 heavy (non-hydrogen) atoms. The number of rotatable bonds is 5. The van der Waals surface area contributed by atoms with Gasteiger partial charge in [0, 0.05) is 0 Å². The molecule has 0 bridgehead atoms. The Balaban J connectivity index is 2.91. The van der Waals surface area contributed by atoms with Gasteiger partial charge in [0.15, 0.2) is 0 Å². The first kappa shape index (κ1) is 10.6. The van der Waals surface area contributed by atoms with Crippen molar-refractivity contribution in [1.29, 1.82) is 0 Å². The van der Waals surface area contributed by atoms with E-state index < -0.39 is 0 Å². The fourth-order valence-electron chi connectivity index (χ4n) is 1.11. The topological polar surface area (TPSA) is 0 Å². The summed E-state index contributed by atoms with van der Waals surface area (Å²) in [5.41, 5.74) is 0. The van der Waals surface area contributed by atoms with Gasteiger partial charge in [-0.3, -0.25) is 0 Å². The van der Waals surface area contributed by atoms with E-state index in [4.69, 9.17) is 0 Å². The SMILES string of the molecule is CC(C)C[CH2][Zn][CH2]C(C)C. The van der Waals surface area contributed by atoms with Crippen LogP contribution in [0.3, 0.4) is 0 Å². The quantitative estimate of drug-likeness (QED) is 0.462. The molecule has 0 fully saturated rings. The van der Waals surface area contributed by atoms with Crippen molar-refractivity contribution in [3.8, 4) is 0 Å². The van der Waals surface area contributed by atoms with E-state index in [2.05, 4.69) is 27.7 Å². The van der Waals surface area contributed by atoms with Crippen LogP contribution in [0.5, 0.6) is 0 Å². The van der Waals surface area contributed by atoms with E-state index in [0.29, 0.717) is 0 Å². The summed E-state index contributed by atoms with van der Waals surface area (Å²) < 4.78 is 0. The van der Waals surface area contributed by atoms with Gasteiger partial charge in [-0.25, -0.2) is 0 Å². The molecule has 0 saturated carbocycles. The molecular weight excluding hydrogens is 173 g/mol. The molecule has 0 aromatic carbocycles. The molecule has 0 atom stereocenters. The summed E-state index contributed by atoms with van der Waals surface area (Å²) in [6.45, 7) is 9.36. The Morgan fingerprint density at radius 2 is 1.60 bits per heavy atom. The van der Waals surface area contributed by atoms with Gasteiger partial charge in [0.1, 0.15) is 0 Å². The maximum absolute atomic E-state index is 2.35. The van der Waals surface area contributed by atoms with Crippen LogP contribution in [0.4, 0.5) is 0 Å². The third-order valence-electron chi connectivity index (χ3n) is 1.81. The molecule has 0 saturated heterocycles. The molecule has 0 aromatic heterocycles. The van der Waals surface area contributed by atoms with E-state index in [1.54, 1.807) is 10.0 Å². The first-order valence-corrected chi connectivity index (χ1v) is 8.82. The summed E-state index contributed by atoms with van der Waals surface area (Å²) in [5.74, 6) is 1.92. The van der Waals surface area contributed by atoms with Gasteiger partial charge >= 0.3 is 73.1 Å². The average Bonchev–Trinajstić information content (AvgIpc) is 1.79. The van der Waals surface area contributed by atoms with E-state index in [9.17, 15) is 0 Å². The zero-order valence-corrected chi connectivity index (χ0v) is 11.0. The monoisotopic (exact) mass is 192 g/mol. The molecule has 0 unspecified atom stereocenters. The molecule has 0 radical (unpaired) electrons. The van der Waals surface area contributed by atoms with Crippen molar-refractivity contribution < 1.29 is 17.1 Å². The Labute approximate surface area is 73.4 Å². The molecule has 58 valence electrons. The molecule has 0 amide bonds. The van der Waals surface area contributed by atoms with Crippen molar-refractivity contribution in [2.24, 2.45) is 11.8 Å². The zero-order valence-electron chi connectivity index (χ0n) is 7.98. The molecule has 0 nitrogen and oxygen atoms in total. The Kier molecular flexibility index (Phi) is 6.74. The van der Waals surface area contributed by atoms with Crippen LogP contribution in [0.1, 0.15) is 34.1 Å². The van der Waals surface area contributed by atoms with Gasteiger partial charge in [0.2, 0.25) is 0 Å². The summed E-state index contributed by atoms with van der Waals surface area (Å²) in [5, 5.41) is 3.21. The van der Waals surface area contributed by atoms with E-state index >= 15 is 0 Å². The first-order valence-electron chi connectivity index (χ1n) is 4.63. The number of hydrogen-bond donors (Lipinski definition) is 0. The summed E-state index contributed by atoms with van der Waals surface area (Å²) >= 11 is -0.0659. The third kappa shape index (κ3) is 8.62. The Bertz CT molecular complexity index is 57.1. The summed E-state index contributed by atoms with van der Waals surface area (Å²) in [7, 11) is 0. The summed E-state index contributed by atoms with van der Waals surface area (Å²) in [6.07, 6.45) is 1.49. The first-order chi connectivity index (χ1) is 4.63. The molecule has 0 aromatic rings. The third-order valence-corrected chi connectivity index (χ3v) is 7.00. The van der Waals surface area contributed by atoms with E-state index in [1.165, 1.54) is 6.42 Å². The van der Waals surface area contributed by atoms with Crippen LogP contribution in [0.25, 0.3) is 0 Å². The Hall–Kier alpha value is 0.623. The molecule has 0 heterocycles. The Morgan fingerprint density at radius 1 is 1.00 bits per heavy atom. The maximum atomic E-state index is 2.35. The zero-order chi connectivity index (χ0) is 7.98. The Morgan fingerprint density at radius 3 is 2.00 bits per heavy atom. The van der Waals surface area contributed by atoms with Crippen molar-refractivity contribution in [2.45, 2.75) is 44.1 Å². The van der Waals surface area contributed by atoms with Crippen molar-refractivity contribution in [1.82, 2.24) is 0 Å². The fraction of sp³-hybridized carbons (Fsp3) is 1.00. The van der Waals surface area contributed by atoms with Gasteiger partial charge in [0.05, 0.1) is 0 Å². The molecule has 0 aliphatic rings. The van der Waals surface area contributed by atoms with Crippen LogP contribution in [0.15, 0.2) is 0 Å². The normalized spacial score (nSPS) is 10.6. The van der Waals surface area contributed by atoms with Gasteiger partial charge < -0.3 is 0 Å². The van der Waals surface area contributed by atoms with Gasteiger partial charge in [-0.15, -0.1) is 0 Å². The minimum absolute atomic E-state index is 0.0659. The van der Waals surface area contributed by atoms with E-state index in [-0.39, 0.29) is 17.1 Å². The van der Waals surface area contributed by atoms with Crippen LogP contribution in [-0.4, -0.2) is 0 Å². The predicted molar refractivity (Wildman–Crippen MR) is 43.9 cm³/mol. The second-order valence-electron chi connectivity index (χ2n) is 4.07. The van der Waals surface area contributed by atoms with Gasteiger partial charge in [-0.1, -0.05) is 0 Å². The summed E-state index contributed by atoms with van der Waals surface area (Å²) in [6, 6.07) is 0. The fourth-order valence-corrected chi connectivity index (χ4v) is 5.74. The standard InChI is InChI=1S/C5H11.C4H9.Zn/c1-4-5(2)3;1-4(2)3;/h5H,1,4H2,2-3H3;4H,1H2,2-3H3;. The van der Waals surface area contributed by atoms with Crippen molar-refractivity contribution in [3.63, 3.8) is 0 Å². The average molecular weight is 194 g/mol. The van der Waals surface area contributed by atoms with Crippen LogP contribution in [0.2, 0.25) is 10.0 Å². The second-order valence-corrected chi connectivity index (χ2v) is 8.25. The predicted octanol–water partition coefficient (Wildman–Crippen LogP) is 3.61. The van der Waals surface area contributed by atoms with Crippen molar-refractivity contribution >= 4 is 0 Å². The number of hydrogen-bond acceptors (Lipinski definition) is 0. The summed E-state index contributed by atoms with van der Waals surface area (Å²) in [4.78, 5) is 0. The van der Waals surface area contributed by atoms with Crippen molar-refractivity contribution in [3.05, 3.63) is 0 Å². The molecule has 1 heteroatoms. The molecule has 0 spiro atoms. The van der Waals surface area contributed by atoms with E-state index in [0.717, 1.165) is 11.8 Å². The molecule has 0 N–H and O–H groups in total. The van der Waals surface area contributed by atoms with Gasteiger partial charge in [-0.2, -0.15) is 0 Å². The van der Waals surface area contributed by atoms with Crippen molar-refractivity contribution in [2.75, 3.05) is 0 Å². The van der Waals surface area contributed by atoms with Crippen LogP contribution < -0.4 is 0 Å². The molecule has 0 aliphatic heterocycles. The van der Waals surface area contributed by atoms with Crippen LogP contribution >= 0.6 is 0 Å². The van der Waals surface area contributed by atoms with Crippen LogP contribution in [0, 0.1) is 11.8 Å².